The highest BCUT2D eigenvalue weighted by molar-refractivity contribution is 5.94. The average molecular weight is 404 g/mol. The molecule has 0 N–H and O–H groups in total. The van der Waals surface area contributed by atoms with Crippen LogP contribution in [0.2, 0.25) is 0 Å². The van der Waals surface area contributed by atoms with E-state index in [1.165, 1.54) is 7.05 Å². The third-order valence-corrected chi connectivity index (χ3v) is 5.58. The molecular weight excluding hydrogens is 380 g/mol. The van der Waals surface area contributed by atoms with Gasteiger partial charge in [0.2, 0.25) is 0 Å². The van der Waals surface area contributed by atoms with Crippen molar-refractivity contribution in [3.8, 4) is 5.69 Å². The van der Waals surface area contributed by atoms with Gasteiger partial charge in [-0.1, -0.05) is 36.4 Å². The van der Waals surface area contributed by atoms with E-state index in [1.807, 2.05) is 65.6 Å². The molecular formula is C23H24N4O3. The number of benzene rings is 2. The Labute approximate surface area is 174 Å². The van der Waals surface area contributed by atoms with Crippen molar-refractivity contribution in [3.05, 3.63) is 92.8 Å². The van der Waals surface area contributed by atoms with E-state index in [1.54, 1.807) is 16.4 Å². The van der Waals surface area contributed by atoms with Gasteiger partial charge < -0.3 is 9.80 Å². The van der Waals surface area contributed by atoms with Crippen LogP contribution in [0.25, 0.3) is 5.69 Å². The van der Waals surface area contributed by atoms with Crippen molar-refractivity contribution in [3.63, 3.8) is 0 Å². The molecule has 1 aliphatic heterocycles. The van der Waals surface area contributed by atoms with E-state index >= 15 is 0 Å². The molecule has 0 unspecified atom stereocenters. The van der Waals surface area contributed by atoms with Crippen molar-refractivity contribution in [2.75, 3.05) is 31.1 Å². The number of anilines is 1. The van der Waals surface area contributed by atoms with Gasteiger partial charge in [-0.05, 0) is 31.2 Å². The summed E-state index contributed by atoms with van der Waals surface area (Å²) in [6, 6.07) is 18.5. The number of nitrogens with zero attached hydrogens (tertiary/aromatic N) is 4. The Morgan fingerprint density at radius 2 is 1.40 bits per heavy atom. The molecule has 0 radical (unpaired) electrons. The number of carbonyl (C=O) groups is 1. The summed E-state index contributed by atoms with van der Waals surface area (Å²) in [6.45, 7) is 3.89. The van der Waals surface area contributed by atoms with Crippen LogP contribution in [-0.2, 0) is 7.05 Å². The highest BCUT2D eigenvalue weighted by Crippen LogP contribution is 2.19. The topological polar surface area (TPSA) is 67.6 Å². The van der Waals surface area contributed by atoms with Crippen molar-refractivity contribution >= 4 is 11.6 Å². The highest BCUT2D eigenvalue weighted by atomic mass is 16.2. The van der Waals surface area contributed by atoms with Crippen LogP contribution >= 0.6 is 0 Å². The first-order valence-corrected chi connectivity index (χ1v) is 9.96. The molecule has 154 valence electrons. The molecule has 0 atom stereocenters. The standard InChI is InChI=1S/C23H24N4O3/c1-17-20(22(29)24(2)23(30)27(17)19-11-7-4-8-12-19)25-13-15-26(16-14-25)21(28)18-9-5-3-6-10-18/h3-12H,13-16H2,1-2H3. The van der Waals surface area contributed by atoms with E-state index in [0.29, 0.717) is 43.1 Å². The summed E-state index contributed by atoms with van der Waals surface area (Å²) >= 11 is 0. The quantitative estimate of drug-likeness (QED) is 0.668. The number of hydrogen-bond acceptors (Lipinski definition) is 4. The third kappa shape index (κ3) is 3.43. The Bertz CT molecular complexity index is 1170. The summed E-state index contributed by atoms with van der Waals surface area (Å²) in [7, 11) is 1.50. The second kappa shape index (κ2) is 8.02. The van der Waals surface area contributed by atoms with Crippen LogP contribution in [0.4, 0.5) is 5.69 Å². The van der Waals surface area contributed by atoms with Gasteiger partial charge in [0.25, 0.3) is 11.5 Å². The Balaban J connectivity index is 1.64. The predicted molar refractivity (Wildman–Crippen MR) is 117 cm³/mol. The zero-order valence-electron chi connectivity index (χ0n) is 17.1. The number of para-hydroxylation sites is 1. The lowest BCUT2D eigenvalue weighted by molar-refractivity contribution is 0.0746. The molecule has 0 saturated carbocycles. The summed E-state index contributed by atoms with van der Waals surface area (Å²) in [4.78, 5) is 42.2. The molecule has 2 heterocycles. The summed E-state index contributed by atoms with van der Waals surface area (Å²) in [5, 5.41) is 0. The van der Waals surface area contributed by atoms with Crippen molar-refractivity contribution in [2.24, 2.45) is 7.05 Å². The summed E-state index contributed by atoms with van der Waals surface area (Å²) in [6.07, 6.45) is 0. The van der Waals surface area contributed by atoms with Crippen LogP contribution in [0.1, 0.15) is 16.1 Å². The Morgan fingerprint density at radius 3 is 2.00 bits per heavy atom. The fourth-order valence-electron chi connectivity index (χ4n) is 3.94. The number of rotatable bonds is 3. The fourth-order valence-corrected chi connectivity index (χ4v) is 3.94. The van der Waals surface area contributed by atoms with E-state index in [4.69, 9.17) is 0 Å². The average Bonchev–Trinajstić information content (AvgIpc) is 2.79. The molecule has 7 heteroatoms. The molecule has 0 aliphatic carbocycles. The smallest absolute Gasteiger partial charge is 0.335 e. The number of hydrogen-bond donors (Lipinski definition) is 0. The normalized spacial score (nSPS) is 14.1. The van der Waals surface area contributed by atoms with Crippen molar-refractivity contribution < 1.29 is 4.79 Å². The maximum Gasteiger partial charge on any atom is 0.335 e. The van der Waals surface area contributed by atoms with Gasteiger partial charge in [0.15, 0.2) is 0 Å². The molecule has 0 spiro atoms. The lowest BCUT2D eigenvalue weighted by Gasteiger charge is -2.36. The summed E-state index contributed by atoms with van der Waals surface area (Å²) in [5.74, 6) is -0.00544. The third-order valence-electron chi connectivity index (χ3n) is 5.58. The second-order valence-electron chi connectivity index (χ2n) is 7.40. The lowest BCUT2D eigenvalue weighted by Crippen LogP contribution is -2.52. The molecule has 30 heavy (non-hydrogen) atoms. The molecule has 1 fully saturated rings. The molecule has 7 nitrogen and oxygen atoms in total. The second-order valence-corrected chi connectivity index (χ2v) is 7.40. The van der Waals surface area contributed by atoms with Crippen molar-refractivity contribution in [1.82, 2.24) is 14.0 Å². The van der Waals surface area contributed by atoms with E-state index in [9.17, 15) is 14.4 Å². The van der Waals surface area contributed by atoms with Gasteiger partial charge in [-0.2, -0.15) is 0 Å². The number of carbonyl (C=O) groups excluding carboxylic acids is 1. The molecule has 0 bridgehead atoms. The Morgan fingerprint density at radius 1 is 0.833 bits per heavy atom. The molecule has 2 aromatic carbocycles. The minimum atomic E-state index is -0.370. The molecule has 1 saturated heterocycles. The van der Waals surface area contributed by atoms with Crippen LogP contribution in [0.5, 0.6) is 0 Å². The molecule has 1 aromatic heterocycles. The van der Waals surface area contributed by atoms with Crippen molar-refractivity contribution in [1.29, 1.82) is 0 Å². The van der Waals surface area contributed by atoms with Gasteiger partial charge >= 0.3 is 5.69 Å². The predicted octanol–water partition coefficient (Wildman–Crippen LogP) is 1.81. The molecule has 1 aliphatic rings. The lowest BCUT2D eigenvalue weighted by atomic mass is 10.1. The summed E-state index contributed by atoms with van der Waals surface area (Å²) in [5.41, 5.74) is 1.81. The van der Waals surface area contributed by atoms with Crippen LogP contribution in [0, 0.1) is 6.92 Å². The van der Waals surface area contributed by atoms with E-state index in [0.717, 1.165) is 10.3 Å². The van der Waals surface area contributed by atoms with Gasteiger partial charge in [0.1, 0.15) is 5.69 Å². The largest absolute Gasteiger partial charge is 0.362 e. The highest BCUT2D eigenvalue weighted by Gasteiger charge is 2.26. The van der Waals surface area contributed by atoms with Crippen molar-refractivity contribution in [2.45, 2.75) is 6.92 Å². The first-order valence-electron chi connectivity index (χ1n) is 9.96. The molecule has 4 rings (SSSR count). The van der Waals surface area contributed by atoms with Gasteiger partial charge in [0, 0.05) is 38.8 Å². The van der Waals surface area contributed by atoms with Gasteiger partial charge in [0.05, 0.1) is 11.4 Å². The van der Waals surface area contributed by atoms with Gasteiger partial charge in [-0.25, -0.2) is 4.79 Å². The SMILES string of the molecule is Cc1c(N2CCN(C(=O)c3ccccc3)CC2)c(=O)n(C)c(=O)n1-c1ccccc1. The molecule has 1 amide bonds. The van der Waals surface area contributed by atoms with Crippen LogP contribution in [-0.4, -0.2) is 46.1 Å². The minimum Gasteiger partial charge on any atom is -0.362 e. The zero-order chi connectivity index (χ0) is 21.3. The fraction of sp³-hybridized carbons (Fsp3) is 0.261. The maximum absolute atomic E-state index is 13.0. The maximum atomic E-state index is 13.0. The number of piperazine rings is 1. The number of aromatic nitrogens is 2. The van der Waals surface area contributed by atoms with E-state index < -0.39 is 0 Å². The Hall–Kier alpha value is -3.61. The Kier molecular flexibility index (Phi) is 5.27. The van der Waals surface area contributed by atoms with Crippen LogP contribution in [0.3, 0.4) is 0 Å². The monoisotopic (exact) mass is 404 g/mol. The first-order chi connectivity index (χ1) is 14.5. The van der Waals surface area contributed by atoms with Crippen LogP contribution < -0.4 is 16.1 Å². The van der Waals surface area contributed by atoms with E-state index in [-0.39, 0.29) is 17.2 Å². The van der Waals surface area contributed by atoms with Gasteiger partial charge in [-0.15, -0.1) is 0 Å². The zero-order valence-corrected chi connectivity index (χ0v) is 17.1. The summed E-state index contributed by atoms with van der Waals surface area (Å²) < 4.78 is 2.72. The molecule has 3 aromatic rings. The van der Waals surface area contributed by atoms with Gasteiger partial charge in [-0.3, -0.25) is 18.7 Å². The van der Waals surface area contributed by atoms with E-state index in [2.05, 4.69) is 0 Å². The number of amides is 1. The van der Waals surface area contributed by atoms with Crippen LogP contribution in [0.15, 0.2) is 70.3 Å². The minimum absolute atomic E-state index is 0.00544. The first kappa shape index (κ1) is 19.7.